The summed E-state index contributed by atoms with van der Waals surface area (Å²) in [7, 11) is 1.85. The molecule has 0 aliphatic rings. The number of carbonyl (C=O) groups excluding carboxylic acids is 1. The molecule has 162 valence electrons. The quantitative estimate of drug-likeness (QED) is 0.184. The summed E-state index contributed by atoms with van der Waals surface area (Å²) in [6.07, 6.45) is 0. The van der Waals surface area contributed by atoms with Crippen LogP contribution in [-0.2, 0) is 23.7 Å². The van der Waals surface area contributed by atoms with Crippen molar-refractivity contribution in [1.82, 2.24) is 21.3 Å². The van der Waals surface area contributed by atoms with Gasteiger partial charge < -0.3 is 40.2 Å². The minimum absolute atomic E-state index is 0.00814. The fraction of sp³-hybridized carbons (Fsp3) is 0.944. The zero-order valence-corrected chi connectivity index (χ0v) is 17.3. The second-order valence-electron chi connectivity index (χ2n) is 6.19. The first-order valence-corrected chi connectivity index (χ1v) is 9.83. The van der Waals surface area contributed by atoms with Crippen LogP contribution in [0.4, 0.5) is 0 Å². The topological polar surface area (TPSA) is 102 Å². The van der Waals surface area contributed by atoms with Gasteiger partial charge in [-0.25, -0.2) is 0 Å². The summed E-state index contributed by atoms with van der Waals surface area (Å²) < 4.78 is 21.7. The maximum atomic E-state index is 11.4. The average molecular weight is 393 g/mol. The van der Waals surface area contributed by atoms with Crippen molar-refractivity contribution in [2.45, 2.75) is 19.9 Å². The molecule has 0 saturated carbocycles. The third-order valence-electron chi connectivity index (χ3n) is 3.32. The van der Waals surface area contributed by atoms with Crippen molar-refractivity contribution < 1.29 is 23.7 Å². The monoisotopic (exact) mass is 392 g/mol. The number of rotatable bonds is 21. The van der Waals surface area contributed by atoms with Crippen molar-refractivity contribution >= 4 is 5.91 Å². The minimum atomic E-state index is -0.00814. The first kappa shape index (κ1) is 26.2. The number of ether oxygens (including phenoxy) is 4. The first-order valence-electron chi connectivity index (χ1n) is 9.83. The van der Waals surface area contributed by atoms with Crippen LogP contribution >= 0.6 is 0 Å². The van der Waals surface area contributed by atoms with E-state index < -0.39 is 0 Å². The Kier molecular flexibility index (Phi) is 20.8. The van der Waals surface area contributed by atoms with Crippen LogP contribution in [0.2, 0.25) is 0 Å². The number of nitrogens with one attached hydrogen (secondary N) is 4. The van der Waals surface area contributed by atoms with Crippen LogP contribution in [0.15, 0.2) is 0 Å². The van der Waals surface area contributed by atoms with Gasteiger partial charge in [0, 0.05) is 32.2 Å². The molecule has 1 amide bonds. The Morgan fingerprint density at radius 1 is 0.741 bits per heavy atom. The van der Waals surface area contributed by atoms with Crippen molar-refractivity contribution in [2.75, 3.05) is 92.6 Å². The molecule has 9 heteroatoms. The predicted molar refractivity (Wildman–Crippen MR) is 106 cm³/mol. The summed E-state index contributed by atoms with van der Waals surface area (Å²) in [5.41, 5.74) is 0. The Hall–Kier alpha value is -0.810. The molecule has 0 aromatic heterocycles. The summed E-state index contributed by atoms with van der Waals surface area (Å²) in [6, 6.07) is 0.488. The number of hydrogen-bond acceptors (Lipinski definition) is 8. The molecule has 27 heavy (non-hydrogen) atoms. The van der Waals surface area contributed by atoms with Crippen molar-refractivity contribution in [3.05, 3.63) is 0 Å². The predicted octanol–water partition coefficient (Wildman–Crippen LogP) is -1.02. The van der Waals surface area contributed by atoms with Crippen molar-refractivity contribution in [2.24, 2.45) is 0 Å². The second-order valence-corrected chi connectivity index (χ2v) is 6.19. The number of hydrogen-bond donors (Lipinski definition) is 4. The maximum absolute atomic E-state index is 11.4. The van der Waals surface area contributed by atoms with Gasteiger partial charge in [-0.15, -0.1) is 0 Å². The zero-order chi connectivity index (χ0) is 20.0. The van der Waals surface area contributed by atoms with Gasteiger partial charge in [0.05, 0.1) is 59.4 Å². The van der Waals surface area contributed by atoms with Crippen LogP contribution in [0.1, 0.15) is 13.8 Å². The maximum Gasteiger partial charge on any atom is 0.234 e. The highest BCUT2D eigenvalue weighted by Crippen LogP contribution is 1.83. The highest BCUT2D eigenvalue weighted by atomic mass is 16.6. The van der Waals surface area contributed by atoms with Crippen LogP contribution < -0.4 is 21.3 Å². The van der Waals surface area contributed by atoms with Crippen LogP contribution in [0.25, 0.3) is 0 Å². The molecule has 0 heterocycles. The lowest BCUT2D eigenvalue weighted by atomic mass is 10.4. The number of carbonyl (C=O) groups is 1. The Morgan fingerprint density at radius 2 is 1.26 bits per heavy atom. The van der Waals surface area contributed by atoms with E-state index in [1.165, 1.54) is 0 Å². The van der Waals surface area contributed by atoms with E-state index >= 15 is 0 Å². The van der Waals surface area contributed by atoms with Gasteiger partial charge in [-0.1, -0.05) is 13.8 Å². The van der Waals surface area contributed by atoms with Gasteiger partial charge in [0.2, 0.25) is 5.91 Å². The Bertz CT molecular complexity index is 322. The molecule has 0 atom stereocenters. The molecule has 0 bridgehead atoms. The third-order valence-corrected chi connectivity index (χ3v) is 3.32. The summed E-state index contributed by atoms with van der Waals surface area (Å²) in [4.78, 5) is 11.4. The standard InChI is InChI=1S/C18H40N4O5/c1-17(2)21-7-9-25-11-13-27-15-14-26-12-10-24-8-6-20-16-18(23)22-5-4-19-3/h17,19-21H,4-16H2,1-3H3,(H,22,23). The van der Waals surface area contributed by atoms with Gasteiger partial charge in [0.25, 0.3) is 0 Å². The summed E-state index contributed by atoms with van der Waals surface area (Å²) >= 11 is 0. The molecule has 0 unspecified atom stereocenters. The highest BCUT2D eigenvalue weighted by Gasteiger charge is 1.99. The molecular formula is C18H40N4O5. The Labute approximate surface area is 164 Å². The van der Waals surface area contributed by atoms with E-state index in [0.29, 0.717) is 78.5 Å². The van der Waals surface area contributed by atoms with Crippen LogP contribution in [0, 0.1) is 0 Å². The van der Waals surface area contributed by atoms with E-state index in [4.69, 9.17) is 18.9 Å². The Balaban J connectivity index is 3.08. The largest absolute Gasteiger partial charge is 0.378 e. The van der Waals surface area contributed by atoms with Gasteiger partial charge >= 0.3 is 0 Å². The van der Waals surface area contributed by atoms with E-state index in [-0.39, 0.29) is 5.91 Å². The molecule has 0 fully saturated rings. The van der Waals surface area contributed by atoms with Gasteiger partial charge in [-0.2, -0.15) is 0 Å². The lowest BCUT2D eigenvalue weighted by Crippen LogP contribution is -2.38. The molecule has 0 aromatic rings. The third kappa shape index (κ3) is 23.2. The fourth-order valence-electron chi connectivity index (χ4n) is 1.92. The summed E-state index contributed by atoms with van der Waals surface area (Å²) in [6.45, 7) is 12.0. The average Bonchev–Trinajstić information content (AvgIpc) is 2.64. The molecule has 0 rings (SSSR count). The van der Waals surface area contributed by atoms with E-state index in [9.17, 15) is 4.79 Å². The lowest BCUT2D eigenvalue weighted by Gasteiger charge is -2.09. The molecule has 0 radical (unpaired) electrons. The Morgan fingerprint density at radius 3 is 1.78 bits per heavy atom. The molecule has 0 aromatic carbocycles. The SMILES string of the molecule is CNCCNC(=O)CNCCOCCOCCOCCOCCNC(C)C. The molecule has 4 N–H and O–H groups in total. The van der Waals surface area contributed by atoms with E-state index in [1.807, 2.05) is 7.05 Å². The molecule has 0 saturated heterocycles. The van der Waals surface area contributed by atoms with Gasteiger partial charge in [-0.3, -0.25) is 4.79 Å². The molecular weight excluding hydrogens is 352 g/mol. The molecule has 9 nitrogen and oxygen atoms in total. The molecule has 0 aliphatic carbocycles. The normalized spacial score (nSPS) is 11.3. The summed E-state index contributed by atoms with van der Waals surface area (Å²) in [5, 5.41) is 12.1. The minimum Gasteiger partial charge on any atom is -0.378 e. The van der Waals surface area contributed by atoms with Gasteiger partial charge in [0.15, 0.2) is 0 Å². The van der Waals surface area contributed by atoms with E-state index in [0.717, 1.165) is 13.1 Å². The molecule has 0 spiro atoms. The van der Waals surface area contributed by atoms with Crippen LogP contribution in [0.3, 0.4) is 0 Å². The van der Waals surface area contributed by atoms with Gasteiger partial charge in [-0.05, 0) is 7.05 Å². The number of likely N-dealkylation sites (N-methyl/N-ethyl adjacent to an activating group) is 1. The highest BCUT2D eigenvalue weighted by molar-refractivity contribution is 5.77. The van der Waals surface area contributed by atoms with E-state index in [2.05, 4.69) is 35.1 Å². The van der Waals surface area contributed by atoms with Crippen molar-refractivity contribution in [1.29, 1.82) is 0 Å². The van der Waals surface area contributed by atoms with Crippen molar-refractivity contribution in [3.63, 3.8) is 0 Å². The number of amides is 1. The lowest BCUT2D eigenvalue weighted by molar-refractivity contribution is -0.120. The first-order chi connectivity index (χ1) is 13.2. The molecule has 0 aliphatic heterocycles. The van der Waals surface area contributed by atoms with Crippen molar-refractivity contribution in [3.8, 4) is 0 Å². The van der Waals surface area contributed by atoms with Crippen LogP contribution in [0.5, 0.6) is 0 Å². The smallest absolute Gasteiger partial charge is 0.234 e. The summed E-state index contributed by atoms with van der Waals surface area (Å²) in [5.74, 6) is -0.00814. The van der Waals surface area contributed by atoms with Gasteiger partial charge in [0.1, 0.15) is 0 Å². The zero-order valence-electron chi connectivity index (χ0n) is 17.3. The van der Waals surface area contributed by atoms with E-state index in [1.54, 1.807) is 0 Å². The van der Waals surface area contributed by atoms with Crippen LogP contribution in [-0.4, -0.2) is 105 Å². The fourth-order valence-corrected chi connectivity index (χ4v) is 1.92. The second kappa shape index (κ2) is 21.5.